The van der Waals surface area contributed by atoms with Crippen LogP contribution in [0.25, 0.3) is 0 Å². The lowest BCUT2D eigenvalue weighted by Gasteiger charge is -2.16. The van der Waals surface area contributed by atoms with Crippen LogP contribution >= 0.6 is 11.6 Å². The number of nitrogens with one attached hydrogen (secondary N) is 1. The highest BCUT2D eigenvalue weighted by Gasteiger charge is 2.27. The molecule has 1 aromatic carbocycles. The minimum Gasteiger partial charge on any atom is -0.493 e. The molecule has 0 aliphatic heterocycles. The van der Waals surface area contributed by atoms with E-state index in [1.165, 1.54) is 26.2 Å². The second kappa shape index (κ2) is 8.94. The van der Waals surface area contributed by atoms with E-state index in [0.717, 1.165) is 25.7 Å². The van der Waals surface area contributed by atoms with Crippen LogP contribution in [0.4, 0.5) is 0 Å². The third kappa shape index (κ3) is 5.53. The highest BCUT2D eigenvalue weighted by atomic mass is 35.5. The summed E-state index contributed by atoms with van der Waals surface area (Å²) in [5, 5.41) is 3.06. The summed E-state index contributed by atoms with van der Waals surface area (Å²) in [7, 11) is 1.47. The predicted octanol–water partition coefficient (Wildman–Crippen LogP) is 3.35. The standard InChI is InChI=1S/C18H24ClNO5/c1-4-5-8-24-16-14(19)9-12(10-15(16)23-3)18(22)25-11(2)17(21)20-13-6-7-13/h9-11,13H,4-8H2,1-3H3,(H,20,21)/t11-/m1/s1. The minimum atomic E-state index is -0.877. The topological polar surface area (TPSA) is 73.9 Å². The summed E-state index contributed by atoms with van der Waals surface area (Å²) in [6, 6.07) is 3.17. The van der Waals surface area contributed by atoms with E-state index in [-0.39, 0.29) is 22.5 Å². The molecule has 138 valence electrons. The van der Waals surface area contributed by atoms with Crippen molar-refractivity contribution in [3.63, 3.8) is 0 Å². The largest absolute Gasteiger partial charge is 0.493 e. The number of carbonyl (C=O) groups is 2. The minimum absolute atomic E-state index is 0.204. The van der Waals surface area contributed by atoms with Gasteiger partial charge in [0.1, 0.15) is 0 Å². The fourth-order valence-corrected chi connectivity index (χ4v) is 2.39. The van der Waals surface area contributed by atoms with Gasteiger partial charge in [0.15, 0.2) is 17.6 Å². The molecule has 1 saturated carbocycles. The fourth-order valence-electron chi connectivity index (χ4n) is 2.12. The zero-order valence-corrected chi connectivity index (χ0v) is 15.5. The number of hydrogen-bond donors (Lipinski definition) is 1. The van der Waals surface area contributed by atoms with Crippen molar-refractivity contribution in [1.29, 1.82) is 0 Å². The number of methoxy groups -OCH3 is 1. The van der Waals surface area contributed by atoms with Gasteiger partial charge in [-0.15, -0.1) is 0 Å². The van der Waals surface area contributed by atoms with E-state index in [4.69, 9.17) is 25.8 Å². The Bertz CT molecular complexity index is 630. The Hall–Kier alpha value is -1.95. The van der Waals surface area contributed by atoms with Crippen molar-refractivity contribution < 1.29 is 23.8 Å². The molecule has 0 unspecified atom stereocenters. The maximum Gasteiger partial charge on any atom is 0.339 e. The van der Waals surface area contributed by atoms with Crippen LogP contribution in [-0.2, 0) is 9.53 Å². The molecule has 25 heavy (non-hydrogen) atoms. The SMILES string of the molecule is CCCCOc1c(Cl)cc(C(=O)O[C@H](C)C(=O)NC2CC2)cc1OC. The number of esters is 1. The van der Waals surface area contributed by atoms with Gasteiger partial charge in [-0.1, -0.05) is 24.9 Å². The average Bonchev–Trinajstić information content (AvgIpc) is 3.39. The third-order valence-corrected chi connectivity index (χ3v) is 4.07. The first-order chi connectivity index (χ1) is 12.0. The molecule has 1 fully saturated rings. The smallest absolute Gasteiger partial charge is 0.339 e. The Balaban J connectivity index is 2.05. The van der Waals surface area contributed by atoms with E-state index in [2.05, 4.69) is 12.2 Å². The number of benzene rings is 1. The monoisotopic (exact) mass is 369 g/mol. The van der Waals surface area contributed by atoms with Crippen LogP contribution in [0.15, 0.2) is 12.1 Å². The molecule has 1 N–H and O–H groups in total. The number of rotatable bonds is 9. The maximum absolute atomic E-state index is 12.3. The molecule has 6 nitrogen and oxygen atoms in total. The van der Waals surface area contributed by atoms with Crippen molar-refractivity contribution in [1.82, 2.24) is 5.32 Å². The van der Waals surface area contributed by atoms with Gasteiger partial charge in [0.05, 0.1) is 24.3 Å². The summed E-state index contributed by atoms with van der Waals surface area (Å²) < 4.78 is 16.1. The zero-order valence-electron chi connectivity index (χ0n) is 14.8. The molecule has 0 saturated heterocycles. The normalized spacial score (nSPS) is 14.6. The molecule has 1 aliphatic rings. The first kappa shape index (κ1) is 19.4. The Morgan fingerprint density at radius 3 is 2.68 bits per heavy atom. The molecule has 0 radical (unpaired) electrons. The average molecular weight is 370 g/mol. The molecule has 1 aliphatic carbocycles. The van der Waals surface area contributed by atoms with Gasteiger partial charge >= 0.3 is 5.97 Å². The second-order valence-electron chi connectivity index (χ2n) is 6.02. The van der Waals surface area contributed by atoms with Gasteiger partial charge in [0.2, 0.25) is 0 Å². The van der Waals surface area contributed by atoms with Crippen molar-refractivity contribution in [2.75, 3.05) is 13.7 Å². The van der Waals surface area contributed by atoms with Crippen LogP contribution in [-0.4, -0.2) is 37.7 Å². The highest BCUT2D eigenvalue weighted by Crippen LogP contribution is 2.36. The quantitative estimate of drug-likeness (QED) is 0.533. The summed E-state index contributed by atoms with van der Waals surface area (Å²) in [4.78, 5) is 24.2. The summed E-state index contributed by atoms with van der Waals surface area (Å²) in [5.41, 5.74) is 0.204. The molecule has 7 heteroatoms. The maximum atomic E-state index is 12.3. The lowest BCUT2D eigenvalue weighted by Crippen LogP contribution is -2.37. The molecule has 0 aromatic heterocycles. The molecule has 1 amide bonds. The number of hydrogen-bond acceptors (Lipinski definition) is 5. The van der Waals surface area contributed by atoms with E-state index in [9.17, 15) is 9.59 Å². The van der Waals surface area contributed by atoms with Gasteiger partial charge in [-0.3, -0.25) is 4.79 Å². The van der Waals surface area contributed by atoms with Crippen molar-refractivity contribution in [3.05, 3.63) is 22.7 Å². The van der Waals surface area contributed by atoms with Gasteiger partial charge in [0.25, 0.3) is 5.91 Å². The van der Waals surface area contributed by atoms with E-state index in [0.29, 0.717) is 18.1 Å². The van der Waals surface area contributed by atoms with E-state index < -0.39 is 12.1 Å². The van der Waals surface area contributed by atoms with Crippen molar-refractivity contribution in [3.8, 4) is 11.5 Å². The lowest BCUT2D eigenvalue weighted by atomic mass is 10.2. The number of ether oxygens (including phenoxy) is 3. The summed E-state index contributed by atoms with van der Waals surface area (Å²) in [6.45, 7) is 4.10. The van der Waals surface area contributed by atoms with Crippen molar-refractivity contribution in [2.24, 2.45) is 0 Å². The Morgan fingerprint density at radius 2 is 2.08 bits per heavy atom. The van der Waals surface area contributed by atoms with E-state index >= 15 is 0 Å². The lowest BCUT2D eigenvalue weighted by molar-refractivity contribution is -0.129. The van der Waals surface area contributed by atoms with Crippen molar-refractivity contribution >= 4 is 23.5 Å². The Kier molecular flexibility index (Phi) is 6.93. The van der Waals surface area contributed by atoms with Gasteiger partial charge in [-0.25, -0.2) is 4.79 Å². The van der Waals surface area contributed by atoms with Gasteiger partial charge in [-0.2, -0.15) is 0 Å². The first-order valence-electron chi connectivity index (χ1n) is 8.48. The number of carbonyl (C=O) groups excluding carboxylic acids is 2. The number of amides is 1. The van der Waals surface area contributed by atoms with Crippen LogP contribution in [0.2, 0.25) is 5.02 Å². The van der Waals surface area contributed by atoms with E-state index in [1.54, 1.807) is 0 Å². The third-order valence-electron chi connectivity index (χ3n) is 3.79. The number of halogens is 1. The van der Waals surface area contributed by atoms with Gasteiger partial charge in [-0.05, 0) is 38.3 Å². The highest BCUT2D eigenvalue weighted by molar-refractivity contribution is 6.32. The Morgan fingerprint density at radius 1 is 1.36 bits per heavy atom. The summed E-state index contributed by atoms with van der Waals surface area (Å²) in [5.74, 6) is -0.188. The zero-order chi connectivity index (χ0) is 18.4. The predicted molar refractivity (Wildman–Crippen MR) is 94.4 cm³/mol. The molecular weight excluding hydrogens is 346 g/mol. The van der Waals surface area contributed by atoms with Crippen LogP contribution in [0.3, 0.4) is 0 Å². The molecule has 1 aromatic rings. The summed E-state index contributed by atoms with van der Waals surface area (Å²) >= 11 is 6.22. The van der Waals surface area contributed by atoms with E-state index in [1.807, 2.05) is 0 Å². The molecule has 0 heterocycles. The second-order valence-corrected chi connectivity index (χ2v) is 6.43. The van der Waals surface area contributed by atoms with Gasteiger partial charge < -0.3 is 19.5 Å². The molecule has 1 atom stereocenters. The van der Waals surface area contributed by atoms with Crippen LogP contribution in [0.1, 0.15) is 49.9 Å². The molecule has 2 rings (SSSR count). The molecular formula is C18H24ClNO5. The molecule has 0 bridgehead atoms. The van der Waals surface area contributed by atoms with Crippen LogP contribution in [0.5, 0.6) is 11.5 Å². The number of unbranched alkanes of at least 4 members (excludes halogenated alkanes) is 1. The summed E-state index contributed by atoms with van der Waals surface area (Å²) in [6.07, 6.45) is 2.94. The Labute approximate surface area is 152 Å². The first-order valence-corrected chi connectivity index (χ1v) is 8.85. The fraction of sp³-hybridized carbons (Fsp3) is 0.556. The van der Waals surface area contributed by atoms with Crippen LogP contribution < -0.4 is 14.8 Å². The van der Waals surface area contributed by atoms with Crippen LogP contribution in [0, 0.1) is 0 Å². The van der Waals surface area contributed by atoms with Crippen molar-refractivity contribution in [2.45, 2.75) is 51.7 Å². The molecule has 0 spiro atoms. The van der Waals surface area contributed by atoms with Gasteiger partial charge in [0, 0.05) is 6.04 Å².